The SMILES string of the molecule is CCCCC1CN(CC(=O)N(C)CC)C(=O)C2=CC(c3ccc(C)cc3)NN21. The van der Waals surface area contributed by atoms with Gasteiger partial charge >= 0.3 is 0 Å². The molecule has 0 bridgehead atoms. The number of hydrogen-bond donors (Lipinski definition) is 1. The van der Waals surface area contributed by atoms with Crippen molar-refractivity contribution in [3.8, 4) is 0 Å². The number of nitrogens with zero attached hydrogens (tertiary/aromatic N) is 3. The molecule has 6 nitrogen and oxygen atoms in total. The van der Waals surface area contributed by atoms with Crippen LogP contribution in [-0.2, 0) is 9.59 Å². The Hall–Kier alpha value is -2.34. The van der Waals surface area contributed by atoms with E-state index in [0.29, 0.717) is 18.8 Å². The van der Waals surface area contributed by atoms with Crippen molar-refractivity contribution in [2.45, 2.75) is 52.1 Å². The van der Waals surface area contributed by atoms with Gasteiger partial charge in [-0.3, -0.25) is 14.6 Å². The van der Waals surface area contributed by atoms with Crippen molar-refractivity contribution in [2.75, 3.05) is 26.7 Å². The van der Waals surface area contributed by atoms with E-state index in [4.69, 9.17) is 0 Å². The Labute approximate surface area is 168 Å². The lowest BCUT2D eigenvalue weighted by molar-refractivity contribution is -0.142. The summed E-state index contributed by atoms with van der Waals surface area (Å²) in [5.41, 5.74) is 6.55. The average Bonchev–Trinajstić information content (AvgIpc) is 3.15. The van der Waals surface area contributed by atoms with Crippen molar-refractivity contribution in [3.63, 3.8) is 0 Å². The predicted octanol–water partition coefficient (Wildman–Crippen LogP) is 2.62. The van der Waals surface area contributed by atoms with Crippen molar-refractivity contribution in [2.24, 2.45) is 0 Å². The number of rotatable bonds is 7. The van der Waals surface area contributed by atoms with E-state index in [0.717, 1.165) is 24.8 Å². The minimum Gasteiger partial charge on any atom is -0.345 e. The lowest BCUT2D eigenvalue weighted by Crippen LogP contribution is -2.58. The molecule has 152 valence electrons. The van der Waals surface area contributed by atoms with Crippen LogP contribution in [0.1, 0.15) is 50.3 Å². The Morgan fingerprint density at radius 1 is 1.25 bits per heavy atom. The molecule has 1 aromatic carbocycles. The van der Waals surface area contributed by atoms with Crippen LogP contribution in [0.4, 0.5) is 0 Å². The molecule has 2 atom stereocenters. The highest BCUT2D eigenvalue weighted by molar-refractivity contribution is 5.96. The highest BCUT2D eigenvalue weighted by Gasteiger charge is 2.41. The molecular weight excluding hydrogens is 352 g/mol. The summed E-state index contributed by atoms with van der Waals surface area (Å²) in [7, 11) is 1.78. The van der Waals surface area contributed by atoms with Crippen LogP contribution in [0.15, 0.2) is 36.0 Å². The second-order valence-electron chi connectivity index (χ2n) is 7.83. The molecule has 0 spiro atoms. The van der Waals surface area contributed by atoms with E-state index in [2.05, 4.69) is 43.5 Å². The van der Waals surface area contributed by atoms with E-state index in [1.54, 1.807) is 16.8 Å². The van der Waals surface area contributed by atoms with Crippen LogP contribution in [0.5, 0.6) is 0 Å². The first-order valence-corrected chi connectivity index (χ1v) is 10.3. The molecule has 0 radical (unpaired) electrons. The number of fused-ring (bicyclic) bond motifs is 1. The monoisotopic (exact) mass is 384 g/mol. The fourth-order valence-electron chi connectivity index (χ4n) is 3.75. The Morgan fingerprint density at radius 3 is 2.61 bits per heavy atom. The molecule has 1 aromatic rings. The number of carbonyl (C=O) groups excluding carboxylic acids is 2. The van der Waals surface area contributed by atoms with Gasteiger partial charge in [0.2, 0.25) is 5.91 Å². The molecular formula is C22H32N4O2. The first-order valence-electron chi connectivity index (χ1n) is 10.3. The molecule has 3 rings (SSSR count). The third kappa shape index (κ3) is 4.22. The number of likely N-dealkylation sites (N-methyl/N-ethyl adjacent to an activating group) is 1. The Morgan fingerprint density at radius 2 is 1.96 bits per heavy atom. The molecule has 1 N–H and O–H groups in total. The lowest BCUT2D eigenvalue weighted by atomic mass is 10.0. The fourth-order valence-corrected chi connectivity index (χ4v) is 3.75. The third-order valence-electron chi connectivity index (χ3n) is 5.72. The van der Waals surface area contributed by atoms with Crippen molar-refractivity contribution < 1.29 is 9.59 Å². The highest BCUT2D eigenvalue weighted by Crippen LogP contribution is 2.32. The van der Waals surface area contributed by atoms with Crippen molar-refractivity contribution in [1.82, 2.24) is 20.2 Å². The predicted molar refractivity (Wildman–Crippen MR) is 110 cm³/mol. The molecule has 0 saturated carbocycles. The van der Waals surface area contributed by atoms with Gasteiger partial charge in [0.1, 0.15) is 12.2 Å². The fraction of sp³-hybridized carbons (Fsp3) is 0.545. The topological polar surface area (TPSA) is 55.9 Å². The summed E-state index contributed by atoms with van der Waals surface area (Å²) in [4.78, 5) is 28.9. The maximum Gasteiger partial charge on any atom is 0.271 e. The standard InChI is InChI=1S/C22H32N4O2/c1-5-7-8-18-14-25(15-21(27)24(4)6-2)22(28)20-13-19(23-26(18)20)17-11-9-16(3)10-12-17/h9-13,18-19,23H,5-8,14-15H2,1-4H3. The number of unbranched alkanes of at least 4 members (excludes halogenated alkanes) is 1. The number of hydrazine groups is 1. The van der Waals surface area contributed by atoms with Crippen molar-refractivity contribution >= 4 is 11.8 Å². The van der Waals surface area contributed by atoms with Crippen LogP contribution in [0.25, 0.3) is 0 Å². The maximum absolute atomic E-state index is 13.1. The van der Waals surface area contributed by atoms with Gasteiger partial charge in [-0.25, -0.2) is 5.43 Å². The summed E-state index contributed by atoms with van der Waals surface area (Å²) in [6, 6.07) is 8.55. The first kappa shape index (κ1) is 20.4. The summed E-state index contributed by atoms with van der Waals surface area (Å²) in [6.45, 7) is 7.55. The van der Waals surface area contributed by atoms with Crippen LogP contribution in [-0.4, -0.2) is 59.3 Å². The van der Waals surface area contributed by atoms with Crippen molar-refractivity contribution in [1.29, 1.82) is 0 Å². The number of amides is 2. The molecule has 2 unspecified atom stereocenters. The summed E-state index contributed by atoms with van der Waals surface area (Å²) in [5.74, 6) is -0.0760. The number of aryl methyl sites for hydroxylation is 1. The molecule has 1 saturated heterocycles. The van der Waals surface area contributed by atoms with Gasteiger partial charge in [0, 0.05) is 20.1 Å². The minimum atomic E-state index is -0.0623. The van der Waals surface area contributed by atoms with Gasteiger partial charge in [0.15, 0.2) is 0 Å². The molecule has 1 fully saturated rings. The molecule has 2 amide bonds. The van der Waals surface area contributed by atoms with Gasteiger partial charge < -0.3 is 9.80 Å². The van der Waals surface area contributed by atoms with Crippen LogP contribution >= 0.6 is 0 Å². The van der Waals surface area contributed by atoms with E-state index in [1.165, 1.54) is 5.56 Å². The average molecular weight is 385 g/mol. The quantitative estimate of drug-likeness (QED) is 0.785. The zero-order chi connectivity index (χ0) is 20.3. The van der Waals surface area contributed by atoms with E-state index in [9.17, 15) is 9.59 Å². The molecule has 0 aromatic heterocycles. The van der Waals surface area contributed by atoms with Crippen LogP contribution in [0.2, 0.25) is 0 Å². The smallest absolute Gasteiger partial charge is 0.271 e. The molecule has 2 heterocycles. The Kier molecular flexibility index (Phi) is 6.39. The second kappa shape index (κ2) is 8.78. The van der Waals surface area contributed by atoms with Gasteiger partial charge in [0.25, 0.3) is 5.91 Å². The maximum atomic E-state index is 13.1. The number of hydrogen-bond acceptors (Lipinski definition) is 4. The molecule has 0 aliphatic carbocycles. The largest absolute Gasteiger partial charge is 0.345 e. The summed E-state index contributed by atoms with van der Waals surface area (Å²) in [5, 5.41) is 2.05. The van der Waals surface area contributed by atoms with Gasteiger partial charge in [-0.2, -0.15) is 0 Å². The van der Waals surface area contributed by atoms with Crippen LogP contribution in [0.3, 0.4) is 0 Å². The van der Waals surface area contributed by atoms with E-state index >= 15 is 0 Å². The summed E-state index contributed by atoms with van der Waals surface area (Å²) >= 11 is 0. The normalized spacial score (nSPS) is 21.6. The van der Waals surface area contributed by atoms with E-state index in [-0.39, 0.29) is 30.4 Å². The van der Waals surface area contributed by atoms with Gasteiger partial charge in [-0.1, -0.05) is 49.6 Å². The van der Waals surface area contributed by atoms with E-state index in [1.807, 2.05) is 18.0 Å². The number of benzene rings is 1. The van der Waals surface area contributed by atoms with Crippen LogP contribution in [0, 0.1) is 6.92 Å². The van der Waals surface area contributed by atoms with Gasteiger partial charge in [0.05, 0.1) is 12.1 Å². The Balaban J connectivity index is 1.82. The van der Waals surface area contributed by atoms with Crippen LogP contribution < -0.4 is 5.43 Å². The highest BCUT2D eigenvalue weighted by atomic mass is 16.2. The third-order valence-corrected chi connectivity index (χ3v) is 5.72. The zero-order valence-corrected chi connectivity index (χ0v) is 17.4. The number of piperazine rings is 1. The first-order chi connectivity index (χ1) is 13.4. The Bertz CT molecular complexity index is 743. The van der Waals surface area contributed by atoms with Gasteiger partial charge in [-0.15, -0.1) is 0 Å². The minimum absolute atomic E-state index is 0.0137. The summed E-state index contributed by atoms with van der Waals surface area (Å²) < 4.78 is 0. The molecule has 2 aliphatic heterocycles. The van der Waals surface area contributed by atoms with E-state index < -0.39 is 0 Å². The van der Waals surface area contributed by atoms with Gasteiger partial charge in [-0.05, 0) is 31.9 Å². The number of nitrogens with one attached hydrogen (secondary N) is 1. The molecule has 28 heavy (non-hydrogen) atoms. The molecule has 6 heteroatoms. The zero-order valence-electron chi connectivity index (χ0n) is 17.4. The molecule has 2 aliphatic rings. The lowest BCUT2D eigenvalue weighted by Gasteiger charge is -2.41. The number of carbonyl (C=O) groups is 2. The summed E-state index contributed by atoms with van der Waals surface area (Å²) in [6.07, 6.45) is 5.20. The second-order valence-corrected chi connectivity index (χ2v) is 7.83. The van der Waals surface area contributed by atoms with Crippen molar-refractivity contribution in [3.05, 3.63) is 47.2 Å².